The second-order valence-corrected chi connectivity index (χ2v) is 5.42. The van der Waals surface area contributed by atoms with E-state index in [9.17, 15) is 9.90 Å². The van der Waals surface area contributed by atoms with Crippen LogP contribution in [-0.4, -0.2) is 67.1 Å². The van der Waals surface area contributed by atoms with Crippen LogP contribution in [0.2, 0.25) is 0 Å². The van der Waals surface area contributed by atoms with Crippen molar-refractivity contribution in [2.75, 3.05) is 26.9 Å². The molecule has 5 atom stereocenters. The molecule has 1 aliphatic rings. The van der Waals surface area contributed by atoms with Crippen molar-refractivity contribution < 1.29 is 63.4 Å². The van der Waals surface area contributed by atoms with Gasteiger partial charge in [-0.15, -0.1) is 0 Å². The molecule has 0 amide bonds. The first-order chi connectivity index (χ1) is 9.42. The van der Waals surface area contributed by atoms with Crippen LogP contribution < -0.4 is 0 Å². The van der Waals surface area contributed by atoms with Gasteiger partial charge < -0.3 is 20.3 Å². The fourth-order valence-corrected chi connectivity index (χ4v) is 3.01. The van der Waals surface area contributed by atoms with E-state index in [1.807, 2.05) is 25.8 Å². The van der Waals surface area contributed by atoms with Gasteiger partial charge in [0.25, 0.3) is 0 Å². The molecule has 0 aliphatic carbocycles. The van der Waals surface area contributed by atoms with Gasteiger partial charge in [0.05, 0.1) is 12.6 Å². The zero-order valence-electron chi connectivity index (χ0n) is 13.4. The molecule has 1 radical (unpaired) electrons. The van der Waals surface area contributed by atoms with Crippen molar-refractivity contribution >= 4 is 5.78 Å². The van der Waals surface area contributed by atoms with Gasteiger partial charge in [0.15, 0.2) is 6.29 Å². The third kappa shape index (κ3) is 6.14. The van der Waals surface area contributed by atoms with Gasteiger partial charge in [0.2, 0.25) is 0 Å². The number of aliphatic hydroxyl groups excluding tert-OH is 1. The molecule has 6 nitrogen and oxygen atoms in total. The largest absolute Gasteiger partial charge is 0.672 e. The van der Waals surface area contributed by atoms with Gasteiger partial charge in [-0.2, -0.15) is 0 Å². The molecule has 1 aliphatic heterocycles. The molecule has 121 valence electrons. The van der Waals surface area contributed by atoms with Gasteiger partial charge in [0, 0.05) is 63.3 Å². The van der Waals surface area contributed by atoms with Crippen molar-refractivity contribution in [3.05, 3.63) is 5.73 Å². The summed E-state index contributed by atoms with van der Waals surface area (Å²) in [6.07, 6.45) is 0.380. The van der Waals surface area contributed by atoms with Crippen LogP contribution in [-0.2, 0) is 14.3 Å². The summed E-state index contributed by atoms with van der Waals surface area (Å²) in [5.74, 6) is 0.162. The first-order valence-electron chi connectivity index (χ1n) is 7.19. The molecule has 7 heteroatoms. The summed E-state index contributed by atoms with van der Waals surface area (Å²) in [6, 6.07) is -0.974. The van der Waals surface area contributed by atoms with Crippen molar-refractivity contribution in [3.63, 3.8) is 0 Å². The van der Waals surface area contributed by atoms with Gasteiger partial charge in [-0.1, -0.05) is 6.04 Å². The second-order valence-electron chi connectivity index (χ2n) is 5.42. The average molecular weight is 514 g/mol. The standard InChI is InChI=1S/C14H27N2O4.Ac/c1-5-19-10(3)20-8-11-6-13(9(2)18)16(4)14(11)12(15)7-17;/h10-15,17H,5-8H2,1-4H3;/q-1;/t10?,11-,12-,13+,14+;/m0./s1. The number of likely N-dealkylation sites (tertiary alicyclic amines) is 1. The van der Waals surface area contributed by atoms with Crippen LogP contribution in [0.1, 0.15) is 27.2 Å². The molecule has 1 heterocycles. The normalized spacial score (nSPS) is 29.0. The fourth-order valence-electron chi connectivity index (χ4n) is 3.01. The zero-order chi connectivity index (χ0) is 15.3. The van der Waals surface area contributed by atoms with E-state index in [1.54, 1.807) is 6.92 Å². The Morgan fingerprint density at radius 1 is 1.48 bits per heavy atom. The van der Waals surface area contributed by atoms with E-state index in [2.05, 4.69) is 0 Å². The molecule has 21 heavy (non-hydrogen) atoms. The van der Waals surface area contributed by atoms with Crippen molar-refractivity contribution in [2.45, 2.75) is 51.6 Å². The smallest absolute Gasteiger partial charge is 0.154 e. The third-order valence-electron chi connectivity index (χ3n) is 4.00. The number of Topliss-reactive ketones (excluding diaryl/α,β-unsaturated/α-hetero) is 1. The summed E-state index contributed by atoms with van der Waals surface area (Å²) < 4.78 is 11.0. The molecular formula is C14H27AcN2O4-. The number of hydrogen-bond donors (Lipinski definition) is 1. The van der Waals surface area contributed by atoms with Crippen molar-refractivity contribution in [1.82, 2.24) is 4.90 Å². The number of ketones is 1. The molecular weight excluding hydrogens is 487 g/mol. The Bertz CT molecular complexity index is 319. The van der Waals surface area contributed by atoms with E-state index in [0.717, 1.165) is 0 Å². The first-order valence-corrected chi connectivity index (χ1v) is 7.19. The summed E-state index contributed by atoms with van der Waals surface area (Å²) in [5, 5.41) is 9.25. The zero-order valence-corrected chi connectivity index (χ0v) is 18.2. The number of hydrogen-bond acceptors (Lipinski definition) is 5. The molecule has 0 saturated carbocycles. The number of ether oxygens (including phenoxy) is 2. The van der Waals surface area contributed by atoms with E-state index in [4.69, 9.17) is 15.2 Å². The summed E-state index contributed by atoms with van der Waals surface area (Å²) in [5.41, 5.74) is 7.99. The van der Waals surface area contributed by atoms with Gasteiger partial charge in [-0.05, 0) is 40.2 Å². The summed E-state index contributed by atoms with van der Waals surface area (Å²) in [4.78, 5) is 13.6. The monoisotopic (exact) mass is 514 g/mol. The number of likely N-dealkylation sites (N-methyl/N-ethyl adjacent to an activating group) is 1. The number of aliphatic hydroxyl groups is 1. The quantitative estimate of drug-likeness (QED) is 0.491. The molecule has 0 aromatic rings. The predicted molar refractivity (Wildman–Crippen MR) is 76.4 cm³/mol. The molecule has 1 saturated heterocycles. The Morgan fingerprint density at radius 3 is 2.57 bits per heavy atom. The number of nitrogens with zero attached hydrogens (tertiary/aromatic N) is 1. The molecule has 0 aromatic carbocycles. The number of nitrogens with one attached hydrogen (secondary N) is 1. The van der Waals surface area contributed by atoms with Gasteiger partial charge >= 0.3 is 0 Å². The Hall–Kier alpha value is 0.912. The molecule has 0 spiro atoms. The summed E-state index contributed by atoms with van der Waals surface area (Å²) in [7, 11) is 1.85. The fraction of sp³-hybridized carbons (Fsp3) is 0.929. The minimum atomic E-state index is -0.625. The van der Waals surface area contributed by atoms with Crippen molar-refractivity contribution in [1.29, 1.82) is 0 Å². The van der Waals surface area contributed by atoms with E-state index >= 15 is 0 Å². The minimum absolute atomic E-state index is 0. The third-order valence-corrected chi connectivity index (χ3v) is 4.00. The topological polar surface area (TPSA) is 82.8 Å². The van der Waals surface area contributed by atoms with Crippen LogP contribution in [0.15, 0.2) is 0 Å². The van der Waals surface area contributed by atoms with Gasteiger partial charge in [-0.25, -0.2) is 0 Å². The second kappa shape index (κ2) is 10.6. The average Bonchev–Trinajstić information content (AvgIpc) is 2.73. The van der Waals surface area contributed by atoms with Crippen molar-refractivity contribution in [2.24, 2.45) is 5.92 Å². The molecule has 1 rings (SSSR count). The maximum atomic E-state index is 11.7. The molecule has 1 fully saturated rings. The SMILES string of the molecule is CCOC(C)OC[C@@H]1C[C@H](C(C)=O)N(C)[C@H]1[C@@H]([NH-])CO.[Ac]. The number of carbonyl (C=O) groups excluding carboxylic acids is 1. The van der Waals surface area contributed by atoms with Crippen LogP contribution in [0, 0.1) is 50.0 Å². The van der Waals surface area contributed by atoms with Gasteiger partial charge in [-0.3, -0.25) is 9.69 Å². The molecule has 1 unspecified atom stereocenters. The number of rotatable bonds is 8. The Labute approximate surface area is 163 Å². The van der Waals surface area contributed by atoms with E-state index < -0.39 is 6.04 Å². The van der Waals surface area contributed by atoms with E-state index in [1.165, 1.54) is 0 Å². The summed E-state index contributed by atoms with van der Waals surface area (Å²) in [6.45, 7) is 6.13. The maximum Gasteiger partial charge on any atom is 0.154 e. The van der Waals surface area contributed by atoms with Crippen LogP contribution in [0.5, 0.6) is 0 Å². The Kier molecular flexibility index (Phi) is 11.1. The minimum Gasteiger partial charge on any atom is -0.672 e. The van der Waals surface area contributed by atoms with E-state index in [-0.39, 0.29) is 80.7 Å². The van der Waals surface area contributed by atoms with Gasteiger partial charge in [0.1, 0.15) is 5.78 Å². The van der Waals surface area contributed by atoms with Crippen molar-refractivity contribution in [3.8, 4) is 0 Å². The van der Waals surface area contributed by atoms with Crippen LogP contribution in [0.3, 0.4) is 0 Å². The van der Waals surface area contributed by atoms with Crippen LogP contribution in [0.25, 0.3) is 5.73 Å². The molecule has 0 bridgehead atoms. The maximum absolute atomic E-state index is 11.7. The van der Waals surface area contributed by atoms with E-state index in [0.29, 0.717) is 19.6 Å². The van der Waals surface area contributed by atoms with Crippen LogP contribution in [0.4, 0.5) is 0 Å². The predicted octanol–water partition coefficient (Wildman–Crippen LogP) is 1.08. The molecule has 2 N–H and O–H groups in total. The van der Waals surface area contributed by atoms with Crippen LogP contribution >= 0.6 is 0 Å². The molecule has 0 aromatic heterocycles. The summed E-state index contributed by atoms with van der Waals surface area (Å²) >= 11 is 0. The number of carbonyl (C=O) groups is 1. The Balaban J connectivity index is 0.00000400. The Morgan fingerprint density at radius 2 is 2.10 bits per heavy atom. The first kappa shape index (κ1) is 21.9.